The second-order valence-corrected chi connectivity index (χ2v) is 10.3. The third kappa shape index (κ3) is 5.44. The second kappa shape index (κ2) is 10.3. The van der Waals surface area contributed by atoms with E-state index in [1.54, 1.807) is 14.0 Å². The normalized spacial score (nSPS) is 51.6. The minimum Gasteiger partial charge on any atom is -0.388 e. The van der Waals surface area contributed by atoms with Crippen molar-refractivity contribution in [3.63, 3.8) is 0 Å². The van der Waals surface area contributed by atoms with Crippen LogP contribution in [0.1, 0.15) is 60.3 Å². The molecule has 12 atom stereocenters. The quantitative estimate of drug-likeness (QED) is 0.486. The Hall–Kier alpha value is -0.320. The molecule has 1 saturated carbocycles. The van der Waals surface area contributed by atoms with Crippen molar-refractivity contribution in [1.29, 1.82) is 0 Å². The van der Waals surface area contributed by atoms with Gasteiger partial charge in [-0.2, -0.15) is 0 Å². The summed E-state index contributed by atoms with van der Waals surface area (Å²) in [5, 5.41) is 35.4. The summed E-state index contributed by atoms with van der Waals surface area (Å²) in [5.41, 5.74) is -1.21. The molecule has 0 aromatic rings. The lowest BCUT2D eigenvalue weighted by atomic mass is 9.77. The maximum Gasteiger partial charge on any atom is 0.185 e. The molecule has 0 bridgehead atoms. The van der Waals surface area contributed by atoms with Crippen LogP contribution in [-0.2, 0) is 18.9 Å². The van der Waals surface area contributed by atoms with E-state index in [-0.39, 0.29) is 36.8 Å². The number of ether oxygens (including phenoxy) is 4. The molecule has 0 spiro atoms. The first-order chi connectivity index (χ1) is 14.6. The van der Waals surface area contributed by atoms with Crippen LogP contribution in [0.3, 0.4) is 0 Å². The van der Waals surface area contributed by atoms with Gasteiger partial charge in [0, 0.05) is 5.92 Å². The Morgan fingerprint density at radius 1 is 0.968 bits per heavy atom. The highest BCUT2D eigenvalue weighted by Gasteiger charge is 2.50. The molecule has 182 valence electrons. The standard InChI is InChI=1S/C23H43NO7/c1-7-15-9-8-12(2)21(29-15)30-18-13(3)10-14(4)19(16(18)25)31-22-17(26)20(24-6)23(5,27)11-28-22/h12-22,24-27H,7-11H2,1-6H3/t12-,13+,14-,15-,16+,17-,18?,19?,20?,21?,22?,23+/m1/s1. The molecule has 0 aromatic carbocycles. The van der Waals surface area contributed by atoms with Gasteiger partial charge in [0.25, 0.3) is 0 Å². The highest BCUT2D eigenvalue weighted by atomic mass is 16.7. The van der Waals surface area contributed by atoms with Gasteiger partial charge in [-0.3, -0.25) is 0 Å². The molecule has 2 saturated heterocycles. The zero-order valence-electron chi connectivity index (χ0n) is 19.9. The Labute approximate surface area is 186 Å². The van der Waals surface area contributed by atoms with Gasteiger partial charge in [0.15, 0.2) is 12.6 Å². The molecule has 31 heavy (non-hydrogen) atoms. The fourth-order valence-corrected chi connectivity index (χ4v) is 5.46. The summed E-state index contributed by atoms with van der Waals surface area (Å²) in [6.45, 7) is 10.0. The van der Waals surface area contributed by atoms with Gasteiger partial charge in [0.05, 0.1) is 31.0 Å². The Balaban J connectivity index is 1.68. The first-order valence-corrected chi connectivity index (χ1v) is 11.9. The Kier molecular flexibility index (Phi) is 8.41. The molecule has 5 unspecified atom stereocenters. The predicted octanol–water partition coefficient (Wildman–Crippen LogP) is 1.40. The van der Waals surface area contributed by atoms with E-state index < -0.39 is 42.3 Å². The highest BCUT2D eigenvalue weighted by molar-refractivity contribution is 4.99. The number of rotatable bonds is 6. The highest BCUT2D eigenvalue weighted by Crippen LogP contribution is 2.38. The van der Waals surface area contributed by atoms with Crippen LogP contribution in [0.5, 0.6) is 0 Å². The molecule has 8 nitrogen and oxygen atoms in total. The van der Waals surface area contributed by atoms with Crippen molar-refractivity contribution in [2.45, 2.75) is 115 Å². The zero-order valence-corrected chi connectivity index (χ0v) is 19.9. The maximum atomic E-state index is 11.2. The first-order valence-electron chi connectivity index (χ1n) is 11.9. The molecule has 8 heteroatoms. The van der Waals surface area contributed by atoms with Crippen molar-refractivity contribution in [3.05, 3.63) is 0 Å². The van der Waals surface area contributed by atoms with Gasteiger partial charge in [0.2, 0.25) is 0 Å². The molecular formula is C23H43NO7. The minimum absolute atomic E-state index is 0.0274. The number of hydrogen-bond acceptors (Lipinski definition) is 8. The first kappa shape index (κ1) is 25.3. The van der Waals surface area contributed by atoms with Crippen LogP contribution in [0.4, 0.5) is 0 Å². The van der Waals surface area contributed by atoms with Gasteiger partial charge in [-0.1, -0.05) is 27.7 Å². The van der Waals surface area contributed by atoms with Gasteiger partial charge in [-0.15, -0.1) is 0 Å². The van der Waals surface area contributed by atoms with E-state index in [0.29, 0.717) is 0 Å². The average molecular weight is 446 g/mol. The van der Waals surface area contributed by atoms with Gasteiger partial charge >= 0.3 is 0 Å². The summed E-state index contributed by atoms with van der Waals surface area (Å²) in [4.78, 5) is 0. The molecule has 3 fully saturated rings. The van der Waals surface area contributed by atoms with E-state index in [1.807, 2.05) is 6.92 Å². The van der Waals surface area contributed by atoms with E-state index in [0.717, 1.165) is 25.7 Å². The summed E-state index contributed by atoms with van der Waals surface area (Å²) >= 11 is 0. The smallest absolute Gasteiger partial charge is 0.185 e. The van der Waals surface area contributed by atoms with Crippen LogP contribution in [0.2, 0.25) is 0 Å². The van der Waals surface area contributed by atoms with Crippen LogP contribution in [-0.4, -0.2) is 83.7 Å². The number of aliphatic hydroxyl groups is 3. The summed E-state index contributed by atoms with van der Waals surface area (Å²) in [6.07, 6.45) is -0.150. The van der Waals surface area contributed by atoms with E-state index in [1.165, 1.54) is 0 Å². The van der Waals surface area contributed by atoms with E-state index in [2.05, 4.69) is 26.1 Å². The Morgan fingerprint density at radius 2 is 1.58 bits per heavy atom. The summed E-state index contributed by atoms with van der Waals surface area (Å²) in [7, 11) is 1.68. The minimum atomic E-state index is -1.21. The predicted molar refractivity (Wildman–Crippen MR) is 115 cm³/mol. The third-order valence-corrected chi connectivity index (χ3v) is 7.45. The van der Waals surface area contributed by atoms with E-state index in [4.69, 9.17) is 18.9 Å². The monoisotopic (exact) mass is 445 g/mol. The molecule has 4 N–H and O–H groups in total. The van der Waals surface area contributed by atoms with Crippen molar-refractivity contribution in [1.82, 2.24) is 5.32 Å². The molecular weight excluding hydrogens is 402 g/mol. The summed E-state index contributed by atoms with van der Waals surface area (Å²) in [6, 6.07) is -0.601. The van der Waals surface area contributed by atoms with Crippen LogP contribution in [0.15, 0.2) is 0 Å². The van der Waals surface area contributed by atoms with Crippen molar-refractivity contribution in [2.75, 3.05) is 13.7 Å². The van der Waals surface area contributed by atoms with Gasteiger partial charge < -0.3 is 39.6 Å². The molecule has 1 aliphatic carbocycles. The number of nitrogens with one attached hydrogen (secondary N) is 1. The SMILES string of the molecule is CC[C@@H]1CC[C@@H](C)C(OC2[C@H](O)C(OC3OC[C@](C)(O)C(NC)[C@H]3O)[C@H](C)C[C@@H]2C)O1. The van der Waals surface area contributed by atoms with Gasteiger partial charge in [0.1, 0.15) is 17.8 Å². The lowest BCUT2D eigenvalue weighted by molar-refractivity contribution is -0.316. The number of likely N-dealkylation sites (N-methyl/N-ethyl adjacent to an activating group) is 1. The Bertz CT molecular complexity index is 576. The molecule has 0 amide bonds. The largest absolute Gasteiger partial charge is 0.388 e. The summed E-state index contributed by atoms with van der Waals surface area (Å²) in [5.74, 6) is 0.470. The topological polar surface area (TPSA) is 110 Å². The molecule has 0 aromatic heterocycles. The second-order valence-electron chi connectivity index (χ2n) is 10.3. The molecule has 0 radical (unpaired) electrons. The molecule has 2 heterocycles. The van der Waals surface area contributed by atoms with Crippen molar-refractivity contribution >= 4 is 0 Å². The number of aliphatic hydroxyl groups excluding tert-OH is 2. The fourth-order valence-electron chi connectivity index (χ4n) is 5.46. The van der Waals surface area contributed by atoms with Crippen LogP contribution < -0.4 is 5.32 Å². The average Bonchev–Trinajstić information content (AvgIpc) is 2.71. The van der Waals surface area contributed by atoms with E-state index in [9.17, 15) is 15.3 Å². The van der Waals surface area contributed by atoms with Crippen molar-refractivity contribution < 1.29 is 34.3 Å². The van der Waals surface area contributed by atoms with Crippen LogP contribution in [0.25, 0.3) is 0 Å². The zero-order chi connectivity index (χ0) is 22.9. The molecule has 3 aliphatic rings. The van der Waals surface area contributed by atoms with Crippen LogP contribution in [0, 0.1) is 17.8 Å². The summed E-state index contributed by atoms with van der Waals surface area (Å²) < 4.78 is 24.3. The third-order valence-electron chi connectivity index (χ3n) is 7.45. The van der Waals surface area contributed by atoms with Crippen molar-refractivity contribution in [3.8, 4) is 0 Å². The number of hydrogen-bond donors (Lipinski definition) is 4. The maximum absolute atomic E-state index is 11.2. The van der Waals surface area contributed by atoms with Crippen LogP contribution >= 0.6 is 0 Å². The molecule has 2 aliphatic heterocycles. The lowest BCUT2D eigenvalue weighted by Crippen LogP contribution is -2.66. The Morgan fingerprint density at radius 3 is 2.16 bits per heavy atom. The van der Waals surface area contributed by atoms with Crippen molar-refractivity contribution in [2.24, 2.45) is 17.8 Å². The fraction of sp³-hybridized carbons (Fsp3) is 1.00. The lowest BCUT2D eigenvalue weighted by Gasteiger charge is -2.48. The van der Waals surface area contributed by atoms with Gasteiger partial charge in [-0.05, 0) is 51.5 Å². The van der Waals surface area contributed by atoms with E-state index >= 15 is 0 Å². The van der Waals surface area contributed by atoms with Gasteiger partial charge in [-0.25, -0.2) is 0 Å². The molecule has 3 rings (SSSR count).